The predicted molar refractivity (Wildman–Crippen MR) is 78.7 cm³/mol. The molecule has 2 aliphatic heterocycles. The number of fused-ring (bicyclic) bond motifs is 4. The largest absolute Gasteiger partial charge is 0.455 e. The average molecular weight is 294 g/mol. The van der Waals surface area contributed by atoms with Crippen molar-refractivity contribution in [3.05, 3.63) is 11.1 Å². The molecule has 1 N–H and O–H groups in total. The number of allylic oxidation sites excluding steroid dienone is 1. The van der Waals surface area contributed by atoms with E-state index >= 15 is 0 Å². The molecule has 3 rings (SSSR count). The quantitative estimate of drug-likeness (QED) is 0.628. The van der Waals surface area contributed by atoms with Gasteiger partial charge in [0.15, 0.2) is 6.10 Å². The van der Waals surface area contributed by atoms with E-state index in [0.717, 1.165) is 12.8 Å². The van der Waals surface area contributed by atoms with E-state index < -0.39 is 17.3 Å². The molecule has 4 heteroatoms. The minimum absolute atomic E-state index is 0.159. The van der Waals surface area contributed by atoms with Crippen LogP contribution >= 0.6 is 0 Å². The summed E-state index contributed by atoms with van der Waals surface area (Å²) in [4.78, 5) is 11.6. The van der Waals surface area contributed by atoms with Gasteiger partial charge in [-0.05, 0) is 38.2 Å². The first-order chi connectivity index (χ1) is 9.72. The number of hydrogen-bond donors (Lipinski definition) is 1. The van der Waals surface area contributed by atoms with Gasteiger partial charge in [0, 0.05) is 19.3 Å². The molecule has 0 aromatic carbocycles. The highest BCUT2D eigenvalue weighted by Crippen LogP contribution is 2.60. The van der Waals surface area contributed by atoms with E-state index in [2.05, 4.69) is 20.8 Å². The Morgan fingerprint density at radius 3 is 2.71 bits per heavy atom. The number of ether oxygens (including phenoxy) is 2. The fraction of sp³-hybridized carbons (Fsp3) is 0.824. The molecule has 2 saturated heterocycles. The van der Waals surface area contributed by atoms with Crippen LogP contribution in [0.5, 0.6) is 0 Å². The highest BCUT2D eigenvalue weighted by molar-refractivity contribution is 5.67. The van der Waals surface area contributed by atoms with Crippen LogP contribution < -0.4 is 0 Å². The maximum absolute atomic E-state index is 11.6. The maximum atomic E-state index is 11.6. The summed E-state index contributed by atoms with van der Waals surface area (Å²) in [5, 5.41) is 10.7. The number of rotatable bonds is 2. The molecule has 0 unspecified atom stereocenters. The van der Waals surface area contributed by atoms with E-state index in [1.165, 1.54) is 18.1 Å². The summed E-state index contributed by atoms with van der Waals surface area (Å²) in [6.45, 7) is 9.77. The van der Waals surface area contributed by atoms with Gasteiger partial charge in [0.05, 0.1) is 11.7 Å². The molecule has 2 fully saturated rings. The second kappa shape index (κ2) is 4.56. The van der Waals surface area contributed by atoms with Crippen molar-refractivity contribution >= 4 is 5.97 Å². The number of hydrogen-bond acceptors (Lipinski definition) is 4. The molecular formula is C17H26O4. The van der Waals surface area contributed by atoms with E-state index in [-0.39, 0.29) is 23.9 Å². The molecule has 2 bridgehead atoms. The van der Waals surface area contributed by atoms with Gasteiger partial charge >= 0.3 is 5.97 Å². The van der Waals surface area contributed by atoms with Crippen molar-refractivity contribution in [2.75, 3.05) is 0 Å². The summed E-state index contributed by atoms with van der Waals surface area (Å²) in [6.07, 6.45) is 1.64. The highest BCUT2D eigenvalue weighted by Gasteiger charge is 2.68. The van der Waals surface area contributed by atoms with Crippen molar-refractivity contribution in [1.82, 2.24) is 0 Å². The lowest BCUT2D eigenvalue weighted by atomic mass is 9.74. The maximum Gasteiger partial charge on any atom is 0.303 e. The third-order valence-electron chi connectivity index (χ3n) is 5.94. The van der Waals surface area contributed by atoms with Gasteiger partial charge in [-0.25, -0.2) is 0 Å². The van der Waals surface area contributed by atoms with Crippen molar-refractivity contribution in [3.8, 4) is 0 Å². The first-order valence-corrected chi connectivity index (χ1v) is 7.97. The van der Waals surface area contributed by atoms with Gasteiger partial charge < -0.3 is 14.6 Å². The topological polar surface area (TPSA) is 55.8 Å². The Labute approximate surface area is 126 Å². The first kappa shape index (κ1) is 15.0. The fourth-order valence-electron chi connectivity index (χ4n) is 4.70. The Bertz CT molecular complexity index is 509. The molecule has 118 valence electrons. The van der Waals surface area contributed by atoms with Gasteiger partial charge in [0.2, 0.25) is 0 Å². The van der Waals surface area contributed by atoms with Gasteiger partial charge in [-0.1, -0.05) is 19.4 Å². The first-order valence-electron chi connectivity index (χ1n) is 7.97. The van der Waals surface area contributed by atoms with Crippen LogP contribution in [-0.4, -0.2) is 34.5 Å². The van der Waals surface area contributed by atoms with Crippen LogP contribution in [0.25, 0.3) is 0 Å². The monoisotopic (exact) mass is 294 g/mol. The second-order valence-electron chi connectivity index (χ2n) is 7.43. The van der Waals surface area contributed by atoms with Crippen molar-refractivity contribution in [1.29, 1.82) is 0 Å². The second-order valence-corrected chi connectivity index (χ2v) is 7.43. The molecule has 0 amide bonds. The predicted octanol–water partition coefficient (Wildman–Crippen LogP) is 2.59. The SMILES string of the molecule is CC(=O)O[C@H]1C2=C(C)CC[C@H]2[C@]2(C)O[C@@]1(C(C)C)C[C@H]2O. The van der Waals surface area contributed by atoms with Crippen molar-refractivity contribution in [2.24, 2.45) is 11.8 Å². The van der Waals surface area contributed by atoms with Crippen LogP contribution in [0.2, 0.25) is 0 Å². The molecular weight excluding hydrogens is 268 g/mol. The minimum Gasteiger partial charge on any atom is -0.455 e. The van der Waals surface area contributed by atoms with Gasteiger partial charge in [0.1, 0.15) is 5.60 Å². The van der Waals surface area contributed by atoms with Crippen LogP contribution in [-0.2, 0) is 14.3 Å². The van der Waals surface area contributed by atoms with Crippen LogP contribution in [0.15, 0.2) is 11.1 Å². The smallest absolute Gasteiger partial charge is 0.303 e. The molecule has 21 heavy (non-hydrogen) atoms. The van der Waals surface area contributed by atoms with Crippen molar-refractivity contribution < 1.29 is 19.4 Å². The molecule has 0 radical (unpaired) electrons. The van der Waals surface area contributed by atoms with Gasteiger partial charge in [-0.15, -0.1) is 0 Å². The third-order valence-corrected chi connectivity index (χ3v) is 5.94. The van der Waals surface area contributed by atoms with E-state index in [0.29, 0.717) is 6.42 Å². The summed E-state index contributed by atoms with van der Waals surface area (Å²) in [5.41, 5.74) is 1.37. The van der Waals surface area contributed by atoms with E-state index in [9.17, 15) is 9.90 Å². The Kier molecular flexibility index (Phi) is 3.27. The van der Waals surface area contributed by atoms with Gasteiger partial charge in [-0.3, -0.25) is 4.79 Å². The Morgan fingerprint density at radius 1 is 1.48 bits per heavy atom. The molecule has 0 spiro atoms. The molecule has 0 aromatic rings. The molecule has 3 aliphatic rings. The molecule has 1 aliphatic carbocycles. The zero-order chi connectivity index (χ0) is 15.6. The molecule has 5 atom stereocenters. The third kappa shape index (κ3) is 1.85. The molecule has 0 aromatic heterocycles. The van der Waals surface area contributed by atoms with Crippen LogP contribution in [0.1, 0.15) is 53.9 Å². The molecule has 2 heterocycles. The zero-order valence-electron chi connectivity index (χ0n) is 13.6. The lowest BCUT2D eigenvalue weighted by molar-refractivity contribution is -0.221. The normalized spacial score (nSPS) is 45.2. The number of esters is 1. The fourth-order valence-corrected chi connectivity index (χ4v) is 4.70. The van der Waals surface area contributed by atoms with Gasteiger partial charge in [0.25, 0.3) is 0 Å². The number of aliphatic hydroxyl groups is 1. The van der Waals surface area contributed by atoms with E-state index in [4.69, 9.17) is 9.47 Å². The Morgan fingerprint density at radius 2 is 2.14 bits per heavy atom. The summed E-state index contributed by atoms with van der Waals surface area (Å²) < 4.78 is 12.2. The Balaban J connectivity index is 2.15. The lowest BCUT2D eigenvalue weighted by Crippen LogP contribution is -2.58. The van der Waals surface area contributed by atoms with Gasteiger partial charge in [-0.2, -0.15) is 0 Å². The van der Waals surface area contributed by atoms with Crippen molar-refractivity contribution in [2.45, 2.75) is 77.3 Å². The van der Waals surface area contributed by atoms with Crippen LogP contribution in [0, 0.1) is 11.8 Å². The number of carbonyl (C=O) groups excluding carboxylic acids is 1. The summed E-state index contributed by atoms with van der Waals surface area (Å²) in [7, 11) is 0. The van der Waals surface area contributed by atoms with E-state index in [1.54, 1.807) is 0 Å². The standard InChI is InChI=1S/C17H26O4/c1-9(2)17-8-13(19)16(5,21-17)12-7-6-10(3)14(12)15(17)20-11(4)18/h9,12-13,15,19H,6-8H2,1-5H3/t12-,13-,15+,16+,17-/m1/s1. The number of carbonyl (C=O) groups is 1. The van der Waals surface area contributed by atoms with E-state index in [1.807, 2.05) is 6.92 Å². The Hall–Kier alpha value is -0.870. The zero-order valence-corrected chi connectivity index (χ0v) is 13.6. The van der Waals surface area contributed by atoms with Crippen molar-refractivity contribution in [3.63, 3.8) is 0 Å². The summed E-state index contributed by atoms with van der Waals surface area (Å²) >= 11 is 0. The highest BCUT2D eigenvalue weighted by atomic mass is 16.6. The minimum atomic E-state index is -0.600. The van der Waals surface area contributed by atoms with Crippen LogP contribution in [0.4, 0.5) is 0 Å². The lowest BCUT2D eigenvalue weighted by Gasteiger charge is -2.50. The summed E-state index contributed by atoms with van der Waals surface area (Å²) in [5.74, 6) is 0.0472. The van der Waals surface area contributed by atoms with Crippen LogP contribution in [0.3, 0.4) is 0 Å². The number of aliphatic hydroxyl groups excluding tert-OH is 1. The summed E-state index contributed by atoms with van der Waals surface area (Å²) in [6, 6.07) is 0. The molecule has 4 nitrogen and oxygen atoms in total. The molecule has 0 saturated carbocycles. The average Bonchev–Trinajstić information content (AvgIpc) is 2.86.